The molecule has 0 bridgehead atoms. The number of halogens is 1. The number of anilines is 1. The minimum atomic E-state index is -0.0760. The zero-order chi connectivity index (χ0) is 13.7. The highest BCUT2D eigenvalue weighted by Crippen LogP contribution is 2.32. The summed E-state index contributed by atoms with van der Waals surface area (Å²) in [6.45, 7) is 5.55. The minimum Gasteiger partial charge on any atom is -0.364 e. The van der Waals surface area contributed by atoms with Gasteiger partial charge in [0.15, 0.2) is 0 Å². The molecule has 1 aromatic carbocycles. The van der Waals surface area contributed by atoms with Gasteiger partial charge in [0.05, 0.1) is 5.69 Å². The summed E-state index contributed by atoms with van der Waals surface area (Å²) in [5.41, 5.74) is 2.63. The van der Waals surface area contributed by atoms with Gasteiger partial charge in [0.25, 0.3) is 0 Å². The van der Waals surface area contributed by atoms with Crippen molar-refractivity contribution in [2.45, 2.75) is 20.8 Å². The van der Waals surface area contributed by atoms with Gasteiger partial charge in [-0.05, 0) is 31.0 Å². The predicted octanol–water partition coefficient (Wildman–Crippen LogP) is 3.64. The summed E-state index contributed by atoms with van der Waals surface area (Å²) in [5.74, 6) is -0.0760. The van der Waals surface area contributed by atoms with Gasteiger partial charge in [-0.25, -0.2) is 0 Å². The highest BCUT2D eigenvalue weighted by Gasteiger charge is 2.18. The molecule has 0 N–H and O–H groups in total. The quantitative estimate of drug-likeness (QED) is 0.780. The summed E-state index contributed by atoms with van der Waals surface area (Å²) in [4.78, 5) is 13.3. The van der Waals surface area contributed by atoms with Crippen LogP contribution in [-0.2, 0) is 9.53 Å². The summed E-state index contributed by atoms with van der Waals surface area (Å²) >= 11 is 6.13. The second-order valence-corrected chi connectivity index (χ2v) is 4.38. The van der Waals surface area contributed by atoms with Crippen molar-refractivity contribution < 1.29 is 9.53 Å². The van der Waals surface area contributed by atoms with E-state index in [1.54, 1.807) is 12.0 Å². The molecule has 0 aliphatic carbocycles. The zero-order valence-corrected chi connectivity index (χ0v) is 11.9. The maximum atomic E-state index is 11.7. The van der Waals surface area contributed by atoms with Crippen molar-refractivity contribution in [1.82, 2.24) is 0 Å². The summed E-state index contributed by atoms with van der Waals surface area (Å²) in [6, 6.07) is 3.73. The van der Waals surface area contributed by atoms with Crippen molar-refractivity contribution >= 4 is 29.3 Å². The van der Waals surface area contributed by atoms with Gasteiger partial charge in [0.1, 0.15) is 6.73 Å². The highest BCUT2D eigenvalue weighted by molar-refractivity contribution is 6.32. The van der Waals surface area contributed by atoms with Crippen molar-refractivity contribution in [2.24, 2.45) is 0 Å². The minimum absolute atomic E-state index is 0.0760. The molecule has 0 aromatic heterocycles. The Labute approximate surface area is 113 Å². The Bertz CT molecular complexity index is 469. The Morgan fingerprint density at radius 1 is 1.50 bits per heavy atom. The Hall–Kier alpha value is -1.32. The molecule has 3 nitrogen and oxygen atoms in total. The van der Waals surface area contributed by atoms with Gasteiger partial charge in [-0.1, -0.05) is 29.8 Å². The number of methoxy groups -OCH3 is 1. The maximum absolute atomic E-state index is 11.7. The molecule has 0 unspecified atom stereocenters. The van der Waals surface area contributed by atoms with E-state index in [0.717, 1.165) is 16.8 Å². The normalized spacial score (nSPS) is 10.9. The van der Waals surface area contributed by atoms with Crippen molar-refractivity contribution in [1.29, 1.82) is 0 Å². The smallest absolute Gasteiger partial charge is 0.225 e. The van der Waals surface area contributed by atoms with Gasteiger partial charge in [-0.3, -0.25) is 9.69 Å². The van der Waals surface area contributed by atoms with Gasteiger partial charge < -0.3 is 4.74 Å². The number of nitrogens with zero attached hydrogens (tertiary/aromatic N) is 1. The first-order valence-electron chi connectivity index (χ1n) is 5.71. The lowest BCUT2D eigenvalue weighted by atomic mass is 10.1. The second-order valence-electron chi connectivity index (χ2n) is 3.98. The molecule has 1 amide bonds. The summed E-state index contributed by atoms with van der Waals surface area (Å²) < 4.78 is 5.09. The van der Waals surface area contributed by atoms with E-state index < -0.39 is 0 Å². The van der Waals surface area contributed by atoms with Gasteiger partial charge in [-0.2, -0.15) is 0 Å². The first-order chi connectivity index (χ1) is 8.52. The van der Waals surface area contributed by atoms with E-state index in [1.165, 1.54) is 6.92 Å². The third-order valence-corrected chi connectivity index (χ3v) is 3.06. The Balaban J connectivity index is 3.41. The van der Waals surface area contributed by atoms with Crippen LogP contribution in [-0.4, -0.2) is 19.7 Å². The molecule has 0 heterocycles. The van der Waals surface area contributed by atoms with E-state index in [0.29, 0.717) is 5.02 Å². The largest absolute Gasteiger partial charge is 0.364 e. The topological polar surface area (TPSA) is 29.5 Å². The van der Waals surface area contributed by atoms with Crippen LogP contribution >= 0.6 is 11.6 Å². The van der Waals surface area contributed by atoms with Crippen LogP contribution in [0.3, 0.4) is 0 Å². The molecular weight excluding hydrogens is 250 g/mol. The molecule has 0 saturated carbocycles. The maximum Gasteiger partial charge on any atom is 0.225 e. The van der Waals surface area contributed by atoms with Crippen molar-refractivity contribution in [3.8, 4) is 0 Å². The second kappa shape index (κ2) is 6.57. The molecule has 0 radical (unpaired) electrons. The first-order valence-corrected chi connectivity index (χ1v) is 6.09. The molecule has 1 rings (SSSR count). The summed E-state index contributed by atoms with van der Waals surface area (Å²) in [6.07, 6.45) is 3.88. The fraction of sp³-hybridized carbons (Fsp3) is 0.357. The van der Waals surface area contributed by atoms with Crippen LogP contribution in [0.25, 0.3) is 6.08 Å². The number of amides is 1. The number of carbonyl (C=O) groups is 1. The van der Waals surface area contributed by atoms with Crippen LogP contribution in [0.4, 0.5) is 5.69 Å². The highest BCUT2D eigenvalue weighted by atomic mass is 35.5. The fourth-order valence-corrected chi connectivity index (χ4v) is 1.96. The molecule has 18 heavy (non-hydrogen) atoms. The standard InChI is InChI=1S/C14H18ClNO2/c1-5-6-12-7-8-13(15)10(2)14(12)16(9-18-4)11(3)17/h5-8H,9H2,1-4H3/b6-5-. The Kier molecular flexibility index (Phi) is 5.38. The van der Waals surface area contributed by atoms with E-state index in [-0.39, 0.29) is 12.6 Å². The Morgan fingerprint density at radius 3 is 2.67 bits per heavy atom. The van der Waals surface area contributed by atoms with Gasteiger partial charge in [0, 0.05) is 19.1 Å². The van der Waals surface area contributed by atoms with Crippen molar-refractivity contribution in [3.05, 3.63) is 34.4 Å². The monoisotopic (exact) mass is 267 g/mol. The van der Waals surface area contributed by atoms with Crippen LogP contribution in [0.5, 0.6) is 0 Å². The molecule has 0 atom stereocenters. The van der Waals surface area contributed by atoms with E-state index in [1.807, 2.05) is 38.1 Å². The number of benzene rings is 1. The molecule has 0 saturated heterocycles. The van der Waals surface area contributed by atoms with Crippen LogP contribution < -0.4 is 4.90 Å². The molecular formula is C14H18ClNO2. The SMILES string of the molecule is C/C=C\c1ccc(Cl)c(C)c1N(COC)C(C)=O. The lowest BCUT2D eigenvalue weighted by Crippen LogP contribution is -2.31. The average molecular weight is 268 g/mol. The van der Waals surface area contributed by atoms with Crippen LogP contribution in [0.15, 0.2) is 18.2 Å². The third-order valence-electron chi connectivity index (χ3n) is 2.65. The van der Waals surface area contributed by atoms with E-state index in [9.17, 15) is 4.79 Å². The average Bonchev–Trinajstić information content (AvgIpc) is 2.32. The van der Waals surface area contributed by atoms with Crippen molar-refractivity contribution in [2.75, 3.05) is 18.7 Å². The Morgan fingerprint density at radius 2 is 2.17 bits per heavy atom. The van der Waals surface area contributed by atoms with Gasteiger partial charge >= 0.3 is 0 Å². The number of rotatable bonds is 4. The molecule has 1 aromatic rings. The zero-order valence-electron chi connectivity index (χ0n) is 11.2. The number of allylic oxidation sites excluding steroid dienone is 1. The third kappa shape index (κ3) is 3.12. The number of hydrogen-bond donors (Lipinski definition) is 0. The van der Waals surface area contributed by atoms with E-state index >= 15 is 0 Å². The molecule has 0 fully saturated rings. The summed E-state index contributed by atoms with van der Waals surface area (Å²) in [5, 5.41) is 0.639. The lowest BCUT2D eigenvalue weighted by molar-refractivity contribution is -0.117. The number of hydrogen-bond acceptors (Lipinski definition) is 2. The first kappa shape index (κ1) is 14.7. The number of ether oxygens (including phenoxy) is 1. The molecule has 0 aliphatic rings. The van der Waals surface area contributed by atoms with Gasteiger partial charge in [-0.15, -0.1) is 0 Å². The molecule has 0 aliphatic heterocycles. The lowest BCUT2D eigenvalue weighted by Gasteiger charge is -2.24. The predicted molar refractivity (Wildman–Crippen MR) is 75.9 cm³/mol. The number of carbonyl (C=O) groups excluding carboxylic acids is 1. The van der Waals surface area contributed by atoms with Crippen LogP contribution in [0, 0.1) is 6.92 Å². The molecule has 0 spiro atoms. The van der Waals surface area contributed by atoms with E-state index in [4.69, 9.17) is 16.3 Å². The van der Waals surface area contributed by atoms with Crippen molar-refractivity contribution in [3.63, 3.8) is 0 Å². The van der Waals surface area contributed by atoms with Crippen LogP contribution in [0.2, 0.25) is 5.02 Å². The fourth-order valence-electron chi connectivity index (χ4n) is 1.81. The molecule has 98 valence electrons. The summed E-state index contributed by atoms with van der Waals surface area (Å²) in [7, 11) is 1.56. The van der Waals surface area contributed by atoms with Gasteiger partial charge in [0.2, 0.25) is 5.91 Å². The van der Waals surface area contributed by atoms with E-state index in [2.05, 4.69) is 0 Å². The molecule has 4 heteroatoms. The van der Waals surface area contributed by atoms with Crippen LogP contribution in [0.1, 0.15) is 25.0 Å².